The number of aromatic amines is 1. The Morgan fingerprint density at radius 2 is 1.61 bits per heavy atom. The van der Waals surface area contributed by atoms with E-state index < -0.39 is 5.82 Å². The number of aryl methyl sites for hydroxylation is 1. The maximum Gasteiger partial charge on any atom is 0.175 e. The third-order valence-corrected chi connectivity index (χ3v) is 5.73. The van der Waals surface area contributed by atoms with Crippen LogP contribution < -0.4 is 14.2 Å². The highest BCUT2D eigenvalue weighted by Gasteiger charge is 2.16. The fourth-order valence-electron chi connectivity index (χ4n) is 3.73. The van der Waals surface area contributed by atoms with Crippen molar-refractivity contribution < 1.29 is 28.1 Å². The van der Waals surface area contributed by atoms with Gasteiger partial charge in [0, 0.05) is 48.5 Å². The lowest BCUT2D eigenvalue weighted by Crippen LogP contribution is -2.11. The van der Waals surface area contributed by atoms with Crippen LogP contribution in [0.4, 0.5) is 4.39 Å². The molecule has 38 heavy (non-hydrogen) atoms. The largest absolute Gasteiger partial charge is 0.493 e. The Bertz CT molecular complexity index is 1290. The lowest BCUT2D eigenvalue weighted by atomic mass is 10.1. The molecule has 0 aliphatic heterocycles. The quantitative estimate of drug-likeness (QED) is 0.221. The molecule has 0 fully saturated rings. The molecule has 0 bridgehead atoms. The smallest absolute Gasteiger partial charge is 0.175 e. The van der Waals surface area contributed by atoms with Gasteiger partial charge in [0.1, 0.15) is 5.75 Å². The predicted molar refractivity (Wildman–Crippen MR) is 151 cm³/mol. The Hall–Kier alpha value is -3.36. The van der Waals surface area contributed by atoms with Gasteiger partial charge in [0.2, 0.25) is 0 Å². The maximum absolute atomic E-state index is 15.0. The number of rotatable bonds is 9. The first-order valence-corrected chi connectivity index (χ1v) is 13.0. The van der Waals surface area contributed by atoms with Crippen molar-refractivity contribution in [3.63, 3.8) is 0 Å². The average Bonchev–Trinajstić information content (AvgIpc) is 3.32. The highest BCUT2D eigenvalue weighted by atomic mass is 19.1. The normalized spacial score (nSPS) is 11.4. The fourth-order valence-corrected chi connectivity index (χ4v) is 3.73. The number of hydrogen-bond acceptors (Lipinski definition) is 6. The minimum Gasteiger partial charge on any atom is -0.493 e. The van der Waals surface area contributed by atoms with E-state index in [2.05, 4.69) is 26.4 Å². The summed E-state index contributed by atoms with van der Waals surface area (Å²) in [5, 5.41) is 1.22. The van der Waals surface area contributed by atoms with Crippen LogP contribution in [0.2, 0.25) is 0 Å². The summed E-state index contributed by atoms with van der Waals surface area (Å²) in [5.41, 5.74) is 2.32. The van der Waals surface area contributed by atoms with Crippen LogP contribution in [0.25, 0.3) is 21.8 Å². The van der Waals surface area contributed by atoms with E-state index in [-0.39, 0.29) is 18.1 Å². The molecule has 2 aromatic heterocycles. The molecule has 208 valence electrons. The van der Waals surface area contributed by atoms with Crippen molar-refractivity contribution in [2.45, 2.75) is 66.8 Å². The van der Waals surface area contributed by atoms with Gasteiger partial charge in [-0.25, -0.2) is 4.39 Å². The van der Waals surface area contributed by atoms with Gasteiger partial charge in [-0.05, 0) is 57.5 Å². The third-order valence-electron chi connectivity index (χ3n) is 5.73. The zero-order valence-corrected chi connectivity index (χ0v) is 24.0. The van der Waals surface area contributed by atoms with E-state index in [1.165, 1.54) is 0 Å². The number of ether oxygens (including phenoxy) is 5. The van der Waals surface area contributed by atoms with Crippen LogP contribution in [0.3, 0.4) is 0 Å². The second-order valence-electron chi connectivity index (χ2n) is 8.48. The molecule has 8 heteroatoms. The summed E-state index contributed by atoms with van der Waals surface area (Å²) in [6.07, 6.45) is 3.61. The molecule has 1 atom stereocenters. The van der Waals surface area contributed by atoms with Gasteiger partial charge in [-0.3, -0.25) is 4.98 Å². The van der Waals surface area contributed by atoms with Crippen LogP contribution in [-0.2, 0) is 9.47 Å². The second kappa shape index (κ2) is 15.1. The molecule has 7 nitrogen and oxygen atoms in total. The molecule has 1 N–H and O–H groups in total. The number of aromatic nitrogens is 2. The molecule has 4 aromatic rings. The number of H-pyrrole nitrogens is 1. The van der Waals surface area contributed by atoms with Crippen LogP contribution in [0, 0.1) is 12.7 Å². The Morgan fingerprint density at radius 3 is 2.21 bits per heavy atom. The summed E-state index contributed by atoms with van der Waals surface area (Å²) in [6, 6.07) is 10.6. The molecule has 2 aromatic carbocycles. The highest BCUT2D eigenvalue weighted by molar-refractivity contribution is 5.89. The summed E-state index contributed by atoms with van der Waals surface area (Å²) < 4.78 is 41.9. The Labute approximate surface area is 225 Å². The van der Waals surface area contributed by atoms with Gasteiger partial charge in [0.25, 0.3) is 0 Å². The number of pyridine rings is 1. The van der Waals surface area contributed by atoms with E-state index >= 15 is 0 Å². The van der Waals surface area contributed by atoms with Gasteiger partial charge in [-0.2, -0.15) is 0 Å². The minimum absolute atomic E-state index is 0.0615. The first-order valence-electron chi connectivity index (χ1n) is 13.0. The molecule has 0 radical (unpaired) electrons. The number of fused-ring (bicyclic) bond motifs is 2. The molecule has 0 amide bonds. The number of methoxy groups -OCH3 is 3. The van der Waals surface area contributed by atoms with Crippen LogP contribution >= 0.6 is 0 Å². The van der Waals surface area contributed by atoms with E-state index in [1.807, 2.05) is 52.8 Å². The molecule has 0 aliphatic carbocycles. The van der Waals surface area contributed by atoms with Crippen LogP contribution in [0.15, 0.2) is 42.6 Å². The van der Waals surface area contributed by atoms with E-state index in [9.17, 15) is 4.39 Å². The SMILES string of the molecule is CC.CCCC(C)Oc1cc2nccc(Oc3ccc4[nH]c(C)cc4c3F)c2cc1OC.COC(C)OC. The number of nitrogens with zero attached hydrogens (tertiary/aromatic N) is 1. The summed E-state index contributed by atoms with van der Waals surface area (Å²) in [4.78, 5) is 7.56. The number of halogens is 1. The molecule has 0 saturated heterocycles. The number of nitrogens with one attached hydrogen (secondary N) is 1. The summed E-state index contributed by atoms with van der Waals surface area (Å²) in [5.74, 6) is 1.47. The second-order valence-corrected chi connectivity index (χ2v) is 8.48. The zero-order chi connectivity index (χ0) is 28.2. The number of benzene rings is 2. The number of hydrogen-bond donors (Lipinski definition) is 1. The van der Waals surface area contributed by atoms with Gasteiger partial charge in [0.05, 0.1) is 18.7 Å². The standard InChI is InChI=1S/C24H25FN2O3.C4H10O2.C2H6/c1-5-6-15(3)29-23-13-19-16(12-22(23)28-4)20(9-10-26-19)30-21-8-7-18-17(24(21)25)11-14(2)27-18;1-4(5-2)6-3;1-2/h7-13,15,27H,5-6H2,1-4H3;4H,1-3H3;1-2H3. The van der Waals surface area contributed by atoms with Gasteiger partial charge in [0.15, 0.2) is 29.4 Å². The molecule has 1 unspecified atom stereocenters. The highest BCUT2D eigenvalue weighted by Crippen LogP contribution is 2.39. The Morgan fingerprint density at radius 1 is 0.895 bits per heavy atom. The van der Waals surface area contributed by atoms with E-state index in [0.717, 1.165) is 29.4 Å². The van der Waals surface area contributed by atoms with E-state index in [4.69, 9.17) is 14.2 Å². The van der Waals surface area contributed by atoms with Crippen molar-refractivity contribution in [1.82, 2.24) is 9.97 Å². The van der Waals surface area contributed by atoms with Crippen molar-refractivity contribution in [2.24, 2.45) is 0 Å². The molecule has 4 rings (SSSR count). The zero-order valence-electron chi connectivity index (χ0n) is 24.0. The van der Waals surface area contributed by atoms with Crippen molar-refractivity contribution in [3.8, 4) is 23.0 Å². The van der Waals surface area contributed by atoms with Crippen LogP contribution in [-0.4, -0.2) is 43.7 Å². The summed E-state index contributed by atoms with van der Waals surface area (Å²) in [6.45, 7) is 11.9. The van der Waals surface area contributed by atoms with Crippen molar-refractivity contribution in [2.75, 3.05) is 21.3 Å². The molecule has 0 saturated carbocycles. The first kappa shape index (κ1) is 30.9. The van der Waals surface area contributed by atoms with Crippen LogP contribution in [0.1, 0.15) is 53.2 Å². The predicted octanol–water partition coefficient (Wildman–Crippen LogP) is 8.18. The van der Waals surface area contributed by atoms with E-state index in [0.29, 0.717) is 28.2 Å². The molecule has 0 spiro atoms. The summed E-state index contributed by atoms with van der Waals surface area (Å²) >= 11 is 0. The first-order chi connectivity index (χ1) is 18.3. The van der Waals surface area contributed by atoms with Crippen molar-refractivity contribution >= 4 is 21.8 Å². The van der Waals surface area contributed by atoms with Gasteiger partial charge in [-0.1, -0.05) is 27.2 Å². The monoisotopic (exact) mass is 528 g/mol. The Kier molecular flexibility index (Phi) is 12.3. The average molecular weight is 529 g/mol. The molecular formula is C30H41FN2O5. The van der Waals surface area contributed by atoms with Gasteiger partial charge in [-0.15, -0.1) is 0 Å². The van der Waals surface area contributed by atoms with E-state index in [1.54, 1.807) is 45.7 Å². The van der Waals surface area contributed by atoms with Crippen molar-refractivity contribution in [3.05, 3.63) is 54.1 Å². The van der Waals surface area contributed by atoms with Gasteiger partial charge >= 0.3 is 0 Å². The van der Waals surface area contributed by atoms with Gasteiger partial charge < -0.3 is 28.7 Å². The fraction of sp³-hybridized carbons (Fsp3) is 0.433. The topological polar surface area (TPSA) is 74.8 Å². The van der Waals surface area contributed by atoms with Crippen LogP contribution in [0.5, 0.6) is 23.0 Å². The molecular weight excluding hydrogens is 487 g/mol. The Balaban J connectivity index is 0.000000560. The lowest BCUT2D eigenvalue weighted by Gasteiger charge is -2.17. The van der Waals surface area contributed by atoms with Crippen molar-refractivity contribution in [1.29, 1.82) is 0 Å². The maximum atomic E-state index is 15.0. The third kappa shape index (κ3) is 7.82. The summed E-state index contributed by atoms with van der Waals surface area (Å²) in [7, 11) is 4.81. The molecule has 0 aliphatic rings. The lowest BCUT2D eigenvalue weighted by molar-refractivity contribution is -0.0877. The minimum atomic E-state index is -0.401. The molecule has 2 heterocycles.